The first kappa shape index (κ1) is 8.26. The third-order valence-electron chi connectivity index (χ3n) is 1.73. The monoisotopic (exact) mass is 194 g/mol. The summed E-state index contributed by atoms with van der Waals surface area (Å²) in [6, 6.07) is 7.56. The quantitative estimate of drug-likeness (QED) is 0.654. The highest BCUT2D eigenvalue weighted by atomic mass is 35.5. The lowest BCUT2D eigenvalue weighted by Crippen LogP contribution is -1.92. The molecule has 1 aromatic heterocycles. The van der Waals surface area contributed by atoms with Gasteiger partial charge in [0.15, 0.2) is 0 Å². The van der Waals surface area contributed by atoms with Gasteiger partial charge in [0, 0.05) is 0 Å². The molecule has 0 fully saturated rings. The third-order valence-corrected chi connectivity index (χ3v) is 1.90. The first-order valence-electron chi connectivity index (χ1n) is 3.77. The molecule has 0 saturated heterocycles. The molecule has 0 spiro atoms. The van der Waals surface area contributed by atoms with Crippen LogP contribution in [0.25, 0.3) is 10.9 Å². The zero-order chi connectivity index (χ0) is 9.26. The standard InChI is InChI=1S/C9H7ClN2O/c1-13-8-6-4-2-3-5-7(6)11-9(10)12-8/h2-5H,1H3. The van der Waals surface area contributed by atoms with E-state index >= 15 is 0 Å². The fourth-order valence-electron chi connectivity index (χ4n) is 1.18. The normalized spacial score (nSPS) is 10.3. The van der Waals surface area contributed by atoms with Gasteiger partial charge < -0.3 is 4.74 Å². The Morgan fingerprint density at radius 1 is 1.23 bits per heavy atom. The van der Waals surface area contributed by atoms with Gasteiger partial charge in [0.1, 0.15) is 0 Å². The fraction of sp³-hybridized carbons (Fsp3) is 0.111. The van der Waals surface area contributed by atoms with Gasteiger partial charge >= 0.3 is 0 Å². The van der Waals surface area contributed by atoms with Crippen molar-refractivity contribution in [2.24, 2.45) is 0 Å². The van der Waals surface area contributed by atoms with Crippen LogP contribution in [0.4, 0.5) is 0 Å². The highest BCUT2D eigenvalue weighted by Gasteiger charge is 2.04. The average Bonchev–Trinajstić information content (AvgIpc) is 2.16. The maximum atomic E-state index is 5.70. The Morgan fingerprint density at radius 3 is 2.77 bits per heavy atom. The summed E-state index contributed by atoms with van der Waals surface area (Å²) < 4.78 is 5.07. The van der Waals surface area contributed by atoms with E-state index in [0.29, 0.717) is 5.88 Å². The first-order chi connectivity index (χ1) is 6.31. The largest absolute Gasteiger partial charge is 0.480 e. The minimum absolute atomic E-state index is 0.204. The average molecular weight is 195 g/mol. The summed E-state index contributed by atoms with van der Waals surface area (Å²) in [5.41, 5.74) is 0.791. The number of methoxy groups -OCH3 is 1. The predicted molar refractivity (Wildman–Crippen MR) is 51.1 cm³/mol. The van der Waals surface area contributed by atoms with Crippen molar-refractivity contribution < 1.29 is 4.74 Å². The molecule has 0 bridgehead atoms. The van der Waals surface area contributed by atoms with E-state index in [1.165, 1.54) is 0 Å². The van der Waals surface area contributed by atoms with Crippen LogP contribution in [0, 0.1) is 0 Å². The van der Waals surface area contributed by atoms with Gasteiger partial charge in [-0.25, -0.2) is 4.98 Å². The van der Waals surface area contributed by atoms with E-state index in [9.17, 15) is 0 Å². The van der Waals surface area contributed by atoms with E-state index in [1.54, 1.807) is 7.11 Å². The number of hydrogen-bond donors (Lipinski definition) is 0. The minimum atomic E-state index is 0.204. The summed E-state index contributed by atoms with van der Waals surface area (Å²) in [5, 5.41) is 1.07. The van der Waals surface area contributed by atoms with E-state index in [0.717, 1.165) is 10.9 Å². The Balaban J connectivity index is 2.81. The van der Waals surface area contributed by atoms with Crippen LogP contribution in [0.3, 0.4) is 0 Å². The second-order valence-electron chi connectivity index (χ2n) is 2.52. The molecule has 0 unspecified atom stereocenters. The van der Waals surface area contributed by atoms with Crippen LogP contribution in [0.2, 0.25) is 5.28 Å². The number of nitrogens with zero attached hydrogens (tertiary/aromatic N) is 2. The molecule has 66 valence electrons. The SMILES string of the molecule is COc1nc(Cl)nc2ccccc12. The van der Waals surface area contributed by atoms with Gasteiger partial charge in [-0.15, -0.1) is 0 Å². The molecule has 0 radical (unpaired) electrons. The summed E-state index contributed by atoms with van der Waals surface area (Å²) in [6.45, 7) is 0. The number of halogens is 1. The van der Waals surface area contributed by atoms with Crippen molar-refractivity contribution in [1.82, 2.24) is 9.97 Å². The van der Waals surface area contributed by atoms with Crippen LogP contribution in [0.1, 0.15) is 0 Å². The van der Waals surface area contributed by atoms with Crippen LogP contribution in [0.5, 0.6) is 5.88 Å². The van der Waals surface area contributed by atoms with Gasteiger partial charge in [0.05, 0.1) is 18.0 Å². The van der Waals surface area contributed by atoms with Gasteiger partial charge in [-0.05, 0) is 23.7 Å². The number of benzene rings is 1. The van der Waals surface area contributed by atoms with Crippen molar-refractivity contribution in [3.05, 3.63) is 29.5 Å². The molecule has 13 heavy (non-hydrogen) atoms. The first-order valence-corrected chi connectivity index (χ1v) is 4.15. The maximum absolute atomic E-state index is 5.70. The van der Waals surface area contributed by atoms with Crippen molar-refractivity contribution in [3.8, 4) is 5.88 Å². The van der Waals surface area contributed by atoms with Gasteiger partial charge in [-0.3, -0.25) is 0 Å². The molecule has 0 atom stereocenters. The van der Waals surface area contributed by atoms with E-state index in [-0.39, 0.29) is 5.28 Å². The molecule has 0 saturated carbocycles. The molecular weight excluding hydrogens is 188 g/mol. The highest BCUT2D eigenvalue weighted by molar-refractivity contribution is 6.28. The number of para-hydroxylation sites is 1. The van der Waals surface area contributed by atoms with Gasteiger partial charge in [-0.2, -0.15) is 4.98 Å². The second-order valence-corrected chi connectivity index (χ2v) is 2.86. The summed E-state index contributed by atoms with van der Waals surface area (Å²) in [4.78, 5) is 8.01. The summed E-state index contributed by atoms with van der Waals surface area (Å²) in [5.74, 6) is 0.510. The molecule has 1 heterocycles. The summed E-state index contributed by atoms with van der Waals surface area (Å²) >= 11 is 5.70. The highest BCUT2D eigenvalue weighted by Crippen LogP contribution is 2.22. The number of fused-ring (bicyclic) bond motifs is 1. The van der Waals surface area contributed by atoms with E-state index in [4.69, 9.17) is 16.3 Å². The Hall–Kier alpha value is -1.35. The molecule has 4 heteroatoms. The number of hydrogen-bond acceptors (Lipinski definition) is 3. The smallest absolute Gasteiger partial charge is 0.226 e. The van der Waals surface area contributed by atoms with Crippen LogP contribution in [-0.4, -0.2) is 17.1 Å². The minimum Gasteiger partial charge on any atom is -0.480 e. The van der Waals surface area contributed by atoms with E-state index in [2.05, 4.69) is 9.97 Å². The van der Waals surface area contributed by atoms with Crippen molar-refractivity contribution in [3.63, 3.8) is 0 Å². The lowest BCUT2D eigenvalue weighted by molar-refractivity contribution is 0.402. The van der Waals surface area contributed by atoms with E-state index in [1.807, 2.05) is 24.3 Å². The Labute approximate surface area is 80.3 Å². The van der Waals surface area contributed by atoms with Crippen molar-refractivity contribution in [1.29, 1.82) is 0 Å². The molecule has 0 aliphatic heterocycles. The summed E-state index contributed by atoms with van der Waals surface area (Å²) in [6.07, 6.45) is 0. The predicted octanol–water partition coefficient (Wildman–Crippen LogP) is 2.29. The zero-order valence-electron chi connectivity index (χ0n) is 6.99. The van der Waals surface area contributed by atoms with Gasteiger partial charge in [-0.1, -0.05) is 12.1 Å². The molecular formula is C9H7ClN2O. The van der Waals surface area contributed by atoms with E-state index < -0.39 is 0 Å². The Morgan fingerprint density at radius 2 is 2.00 bits per heavy atom. The number of ether oxygens (including phenoxy) is 1. The molecule has 0 amide bonds. The number of aromatic nitrogens is 2. The van der Waals surface area contributed by atoms with Crippen LogP contribution in [0.15, 0.2) is 24.3 Å². The maximum Gasteiger partial charge on any atom is 0.226 e. The molecule has 0 aliphatic carbocycles. The Bertz CT molecular complexity index is 445. The van der Waals surface area contributed by atoms with Crippen LogP contribution in [-0.2, 0) is 0 Å². The summed E-state index contributed by atoms with van der Waals surface area (Å²) in [7, 11) is 1.56. The second kappa shape index (κ2) is 3.18. The molecule has 2 aromatic rings. The molecule has 2 rings (SSSR count). The molecule has 3 nitrogen and oxygen atoms in total. The number of rotatable bonds is 1. The fourth-order valence-corrected chi connectivity index (χ4v) is 1.34. The van der Waals surface area contributed by atoms with Crippen molar-refractivity contribution >= 4 is 22.5 Å². The van der Waals surface area contributed by atoms with Crippen LogP contribution < -0.4 is 4.74 Å². The topological polar surface area (TPSA) is 35.0 Å². The van der Waals surface area contributed by atoms with Crippen molar-refractivity contribution in [2.45, 2.75) is 0 Å². The molecule has 1 aromatic carbocycles. The van der Waals surface area contributed by atoms with Crippen LogP contribution >= 0.6 is 11.6 Å². The third kappa shape index (κ3) is 1.42. The Kier molecular flexibility index (Phi) is 2.02. The van der Waals surface area contributed by atoms with Crippen molar-refractivity contribution in [2.75, 3.05) is 7.11 Å². The van der Waals surface area contributed by atoms with Gasteiger partial charge in [0.25, 0.3) is 0 Å². The lowest BCUT2D eigenvalue weighted by atomic mass is 10.2. The lowest BCUT2D eigenvalue weighted by Gasteiger charge is -2.02. The molecule has 0 N–H and O–H groups in total. The zero-order valence-corrected chi connectivity index (χ0v) is 7.75. The van der Waals surface area contributed by atoms with Gasteiger partial charge in [0.2, 0.25) is 11.2 Å². The molecule has 0 aliphatic rings.